The lowest BCUT2D eigenvalue weighted by Gasteiger charge is -2.21. The molecule has 6 heteroatoms. The normalized spacial score (nSPS) is 9.95. The average Bonchev–Trinajstić information content (AvgIpc) is 2.48. The van der Waals surface area contributed by atoms with E-state index in [1.165, 1.54) is 6.07 Å². The summed E-state index contributed by atoms with van der Waals surface area (Å²) in [6.07, 6.45) is 0. The van der Waals surface area contributed by atoms with Crippen molar-refractivity contribution in [3.05, 3.63) is 68.7 Å². The van der Waals surface area contributed by atoms with Gasteiger partial charge in [-0.05, 0) is 18.2 Å². The van der Waals surface area contributed by atoms with E-state index in [1.807, 2.05) is 6.07 Å². The summed E-state index contributed by atoms with van der Waals surface area (Å²) in [7, 11) is 1.77. The summed E-state index contributed by atoms with van der Waals surface area (Å²) >= 11 is 6.08. The maximum atomic E-state index is 11.1. The van der Waals surface area contributed by atoms with Gasteiger partial charge in [-0.25, -0.2) is 0 Å². The van der Waals surface area contributed by atoms with E-state index in [4.69, 9.17) is 16.9 Å². The first kappa shape index (κ1) is 14.8. The van der Waals surface area contributed by atoms with Crippen molar-refractivity contribution in [3.63, 3.8) is 0 Å². The number of hydrogen-bond acceptors (Lipinski definition) is 4. The quantitative estimate of drug-likeness (QED) is 0.637. The average molecular weight is 302 g/mol. The molecule has 0 saturated carbocycles. The Labute approximate surface area is 127 Å². The summed E-state index contributed by atoms with van der Waals surface area (Å²) in [6, 6.07) is 13.8. The van der Waals surface area contributed by atoms with Crippen LogP contribution >= 0.6 is 11.6 Å². The first-order valence-electron chi connectivity index (χ1n) is 6.16. The number of nitro groups is 1. The molecule has 0 spiro atoms. The van der Waals surface area contributed by atoms with E-state index in [-0.39, 0.29) is 12.2 Å². The van der Waals surface area contributed by atoms with Crippen LogP contribution < -0.4 is 4.90 Å². The molecular weight excluding hydrogens is 290 g/mol. The highest BCUT2D eigenvalue weighted by atomic mass is 35.5. The topological polar surface area (TPSA) is 70.2 Å². The van der Waals surface area contributed by atoms with Crippen molar-refractivity contribution >= 4 is 23.0 Å². The largest absolute Gasteiger partial charge is 0.369 e. The van der Waals surface area contributed by atoms with Crippen LogP contribution in [0.4, 0.5) is 11.4 Å². The van der Waals surface area contributed by atoms with Crippen LogP contribution in [0.5, 0.6) is 0 Å². The van der Waals surface area contributed by atoms with E-state index in [0.29, 0.717) is 21.8 Å². The van der Waals surface area contributed by atoms with Gasteiger partial charge in [0.25, 0.3) is 5.69 Å². The highest BCUT2D eigenvalue weighted by molar-refractivity contribution is 6.31. The van der Waals surface area contributed by atoms with Crippen LogP contribution in [0.2, 0.25) is 5.02 Å². The molecule has 0 saturated heterocycles. The Bertz CT molecular complexity index is 725. The molecule has 2 rings (SSSR count). The summed E-state index contributed by atoms with van der Waals surface area (Å²) in [4.78, 5) is 12.4. The van der Waals surface area contributed by atoms with Crippen molar-refractivity contribution in [3.8, 4) is 6.07 Å². The molecule has 0 amide bonds. The fourth-order valence-corrected chi connectivity index (χ4v) is 2.33. The van der Waals surface area contributed by atoms with Gasteiger partial charge in [-0.3, -0.25) is 10.1 Å². The van der Waals surface area contributed by atoms with Gasteiger partial charge in [0.15, 0.2) is 0 Å². The van der Waals surface area contributed by atoms with Crippen LogP contribution in [-0.2, 0) is 6.54 Å². The summed E-state index contributed by atoms with van der Waals surface area (Å²) in [5, 5.41) is 20.5. The monoisotopic (exact) mass is 301 g/mol. The molecule has 5 nitrogen and oxygen atoms in total. The Hall–Kier alpha value is -2.58. The number of halogens is 1. The van der Waals surface area contributed by atoms with Crippen molar-refractivity contribution in [1.29, 1.82) is 5.26 Å². The number of hydrogen-bond donors (Lipinski definition) is 0. The number of nitriles is 1. The SMILES string of the molecule is CN(Cc1c(Cl)cccc1[N+](=O)[O-])c1ccccc1C#N. The third-order valence-corrected chi connectivity index (χ3v) is 3.48. The summed E-state index contributed by atoms with van der Waals surface area (Å²) in [5.74, 6) is 0. The second-order valence-corrected chi connectivity index (χ2v) is 4.89. The molecule has 0 aromatic heterocycles. The van der Waals surface area contributed by atoms with Crippen molar-refractivity contribution in [2.24, 2.45) is 0 Å². The molecule has 0 N–H and O–H groups in total. The number of anilines is 1. The van der Waals surface area contributed by atoms with Gasteiger partial charge in [0, 0.05) is 13.1 Å². The lowest BCUT2D eigenvalue weighted by Crippen LogP contribution is -2.18. The van der Waals surface area contributed by atoms with E-state index in [2.05, 4.69) is 6.07 Å². The number of nitro benzene ring substituents is 1. The van der Waals surface area contributed by atoms with Gasteiger partial charge in [0.1, 0.15) is 6.07 Å². The smallest absolute Gasteiger partial charge is 0.275 e. The second-order valence-electron chi connectivity index (χ2n) is 4.48. The van der Waals surface area contributed by atoms with E-state index in [9.17, 15) is 10.1 Å². The Morgan fingerprint density at radius 2 is 2.00 bits per heavy atom. The molecule has 0 atom stereocenters. The molecular formula is C15H12ClN3O2. The number of nitrogens with zero attached hydrogens (tertiary/aromatic N) is 3. The van der Waals surface area contributed by atoms with Gasteiger partial charge in [-0.1, -0.05) is 29.8 Å². The minimum atomic E-state index is -0.453. The standard InChI is InChI=1S/C15H12ClN3O2/c1-18(14-7-3-2-5-11(14)9-17)10-12-13(16)6-4-8-15(12)19(20)21/h2-8H,10H2,1H3. The zero-order valence-corrected chi connectivity index (χ0v) is 12.0. The molecule has 2 aromatic rings. The predicted molar refractivity (Wildman–Crippen MR) is 81.4 cm³/mol. The highest BCUT2D eigenvalue weighted by Gasteiger charge is 2.19. The molecule has 21 heavy (non-hydrogen) atoms. The van der Waals surface area contributed by atoms with Crippen LogP contribution in [0.1, 0.15) is 11.1 Å². The van der Waals surface area contributed by atoms with Crippen molar-refractivity contribution < 1.29 is 4.92 Å². The zero-order valence-electron chi connectivity index (χ0n) is 11.3. The molecule has 0 radical (unpaired) electrons. The lowest BCUT2D eigenvalue weighted by molar-refractivity contribution is -0.385. The third kappa shape index (κ3) is 3.12. The molecule has 0 aliphatic heterocycles. The fourth-order valence-electron chi connectivity index (χ4n) is 2.10. The van der Waals surface area contributed by atoms with Gasteiger partial charge in [0.05, 0.1) is 33.3 Å². The van der Waals surface area contributed by atoms with Crippen LogP contribution in [0.15, 0.2) is 42.5 Å². The third-order valence-electron chi connectivity index (χ3n) is 3.12. The molecule has 0 fully saturated rings. The molecule has 0 aliphatic carbocycles. The number of para-hydroxylation sites is 1. The van der Waals surface area contributed by atoms with E-state index in [0.717, 1.165) is 0 Å². The van der Waals surface area contributed by atoms with Crippen molar-refractivity contribution in [1.82, 2.24) is 0 Å². The van der Waals surface area contributed by atoms with Crippen LogP contribution in [0, 0.1) is 21.4 Å². The van der Waals surface area contributed by atoms with Crippen LogP contribution in [-0.4, -0.2) is 12.0 Å². The fraction of sp³-hybridized carbons (Fsp3) is 0.133. The van der Waals surface area contributed by atoms with Crippen LogP contribution in [0.25, 0.3) is 0 Å². The van der Waals surface area contributed by atoms with E-state index >= 15 is 0 Å². The lowest BCUT2D eigenvalue weighted by atomic mass is 10.1. The maximum absolute atomic E-state index is 11.1. The minimum Gasteiger partial charge on any atom is -0.369 e. The summed E-state index contributed by atoms with van der Waals surface area (Å²) < 4.78 is 0. The van der Waals surface area contributed by atoms with E-state index in [1.54, 1.807) is 42.3 Å². The van der Waals surface area contributed by atoms with E-state index < -0.39 is 4.92 Å². The second kappa shape index (κ2) is 6.25. The maximum Gasteiger partial charge on any atom is 0.275 e. The molecule has 0 bridgehead atoms. The van der Waals surface area contributed by atoms with Crippen molar-refractivity contribution in [2.75, 3.05) is 11.9 Å². The molecule has 0 aliphatic rings. The molecule has 0 unspecified atom stereocenters. The molecule has 0 heterocycles. The van der Waals surface area contributed by atoms with Gasteiger partial charge < -0.3 is 4.90 Å². The summed E-state index contributed by atoms with van der Waals surface area (Å²) in [5.41, 5.74) is 1.62. The Morgan fingerprint density at radius 1 is 1.29 bits per heavy atom. The number of rotatable bonds is 4. The predicted octanol–water partition coefficient (Wildman–Crippen LogP) is 3.76. The Kier molecular flexibility index (Phi) is 4.41. The van der Waals surface area contributed by atoms with Gasteiger partial charge in [-0.15, -0.1) is 0 Å². The van der Waals surface area contributed by atoms with Crippen molar-refractivity contribution in [2.45, 2.75) is 6.54 Å². The minimum absolute atomic E-state index is 0.0243. The highest BCUT2D eigenvalue weighted by Crippen LogP contribution is 2.29. The van der Waals surface area contributed by atoms with Gasteiger partial charge >= 0.3 is 0 Å². The Balaban J connectivity index is 2.39. The number of benzene rings is 2. The molecule has 2 aromatic carbocycles. The summed E-state index contributed by atoms with van der Waals surface area (Å²) in [6.45, 7) is 0.245. The van der Waals surface area contributed by atoms with Gasteiger partial charge in [-0.2, -0.15) is 5.26 Å². The first-order valence-corrected chi connectivity index (χ1v) is 6.54. The first-order chi connectivity index (χ1) is 10.0. The molecule has 106 valence electrons. The van der Waals surface area contributed by atoms with Crippen LogP contribution in [0.3, 0.4) is 0 Å². The van der Waals surface area contributed by atoms with Gasteiger partial charge in [0.2, 0.25) is 0 Å². The Morgan fingerprint density at radius 3 is 2.67 bits per heavy atom. The zero-order chi connectivity index (χ0) is 15.4.